The third kappa shape index (κ3) is 3.76. The molecule has 0 aromatic carbocycles. The van der Waals surface area contributed by atoms with Crippen molar-refractivity contribution in [3.63, 3.8) is 0 Å². The Morgan fingerprint density at radius 2 is 1.71 bits per heavy atom. The van der Waals surface area contributed by atoms with Crippen LogP contribution in [0.3, 0.4) is 0 Å². The van der Waals surface area contributed by atoms with Gasteiger partial charge in [-0.1, -0.05) is 25.7 Å². The molecule has 2 fully saturated rings. The average molecular weight is 298 g/mol. The van der Waals surface area contributed by atoms with Crippen molar-refractivity contribution in [1.29, 1.82) is 0 Å². The Bertz CT molecular complexity index is 336. The fraction of sp³-hybridized carbons (Fsp3) is 0.938. The van der Waals surface area contributed by atoms with Crippen LogP contribution in [-0.2, 0) is 4.79 Å². The summed E-state index contributed by atoms with van der Waals surface area (Å²) in [7, 11) is 1.75. The fourth-order valence-electron chi connectivity index (χ4n) is 3.94. The van der Waals surface area contributed by atoms with Crippen molar-refractivity contribution < 1.29 is 15.0 Å². The van der Waals surface area contributed by atoms with Crippen molar-refractivity contribution in [3.05, 3.63) is 0 Å². The zero-order chi connectivity index (χ0) is 15.3. The Morgan fingerprint density at radius 3 is 2.29 bits per heavy atom. The molecule has 5 heteroatoms. The molecular formula is C16H30N2O3. The lowest BCUT2D eigenvalue weighted by Gasteiger charge is -2.48. The summed E-state index contributed by atoms with van der Waals surface area (Å²) in [5, 5.41) is 18.6. The first kappa shape index (κ1) is 16.7. The maximum Gasteiger partial charge on any atom is 0.242 e. The normalized spacial score (nSPS) is 24.5. The molecule has 1 aliphatic heterocycles. The molecule has 0 radical (unpaired) electrons. The van der Waals surface area contributed by atoms with Crippen LogP contribution in [0, 0.1) is 0 Å². The number of piperidine rings is 1. The van der Waals surface area contributed by atoms with E-state index in [1.54, 1.807) is 11.9 Å². The van der Waals surface area contributed by atoms with E-state index in [0.717, 1.165) is 38.8 Å². The van der Waals surface area contributed by atoms with Gasteiger partial charge in [-0.3, -0.25) is 9.69 Å². The third-order valence-electron chi connectivity index (χ3n) is 5.08. The minimum atomic E-state index is -0.846. The summed E-state index contributed by atoms with van der Waals surface area (Å²) in [5.74, 6) is 0.136. The predicted molar refractivity (Wildman–Crippen MR) is 82.0 cm³/mol. The second-order valence-corrected chi connectivity index (χ2v) is 6.66. The van der Waals surface area contributed by atoms with Crippen LogP contribution >= 0.6 is 0 Å². The smallest absolute Gasteiger partial charge is 0.242 e. The quantitative estimate of drug-likeness (QED) is 0.794. The van der Waals surface area contributed by atoms with Crippen molar-refractivity contribution in [2.75, 3.05) is 33.3 Å². The molecule has 0 unspecified atom stereocenters. The number of amides is 1. The van der Waals surface area contributed by atoms with Crippen molar-refractivity contribution in [3.8, 4) is 0 Å². The van der Waals surface area contributed by atoms with E-state index in [2.05, 4.69) is 4.90 Å². The first-order valence-electron chi connectivity index (χ1n) is 8.40. The van der Waals surface area contributed by atoms with Crippen molar-refractivity contribution in [1.82, 2.24) is 9.80 Å². The van der Waals surface area contributed by atoms with Crippen LogP contribution in [0.25, 0.3) is 0 Å². The van der Waals surface area contributed by atoms with Crippen LogP contribution < -0.4 is 0 Å². The van der Waals surface area contributed by atoms with Gasteiger partial charge in [0.2, 0.25) is 5.91 Å². The maximum atomic E-state index is 13.1. The van der Waals surface area contributed by atoms with Gasteiger partial charge in [0.05, 0.1) is 12.7 Å². The first-order valence-corrected chi connectivity index (χ1v) is 8.40. The highest BCUT2D eigenvalue weighted by Crippen LogP contribution is 2.37. The minimum absolute atomic E-state index is 0.136. The third-order valence-corrected chi connectivity index (χ3v) is 5.08. The second kappa shape index (κ2) is 7.56. The van der Waals surface area contributed by atoms with E-state index < -0.39 is 6.10 Å². The molecule has 21 heavy (non-hydrogen) atoms. The van der Waals surface area contributed by atoms with E-state index in [0.29, 0.717) is 0 Å². The van der Waals surface area contributed by atoms with Gasteiger partial charge in [-0.15, -0.1) is 0 Å². The number of hydrogen-bond acceptors (Lipinski definition) is 4. The minimum Gasteiger partial charge on any atom is -0.394 e. The van der Waals surface area contributed by atoms with Crippen LogP contribution in [0.2, 0.25) is 0 Å². The highest BCUT2D eigenvalue weighted by molar-refractivity contribution is 5.86. The molecule has 0 aromatic heterocycles. The zero-order valence-corrected chi connectivity index (χ0v) is 13.3. The lowest BCUT2D eigenvalue weighted by molar-refractivity contribution is -0.148. The molecule has 1 amide bonds. The molecule has 1 heterocycles. The maximum absolute atomic E-state index is 13.1. The number of likely N-dealkylation sites (tertiary alicyclic amines) is 1. The van der Waals surface area contributed by atoms with E-state index in [4.69, 9.17) is 5.11 Å². The first-order chi connectivity index (χ1) is 10.1. The number of aliphatic hydroxyl groups excluding tert-OH is 2. The summed E-state index contributed by atoms with van der Waals surface area (Å²) in [5.41, 5.74) is -0.359. The van der Waals surface area contributed by atoms with Crippen LogP contribution in [0.4, 0.5) is 0 Å². The lowest BCUT2D eigenvalue weighted by Crippen LogP contribution is -2.61. The van der Waals surface area contributed by atoms with E-state index in [-0.39, 0.29) is 24.6 Å². The van der Waals surface area contributed by atoms with E-state index in [1.807, 2.05) is 0 Å². The molecule has 1 saturated heterocycles. The Labute approximate surface area is 127 Å². The van der Waals surface area contributed by atoms with Gasteiger partial charge in [0, 0.05) is 13.6 Å². The molecular weight excluding hydrogens is 268 g/mol. The standard InChI is InChI=1S/C16H30N2O3/c1-17(12-14(20)13-19)15(21)16(8-4-2-5-9-16)18-10-6-3-7-11-18/h14,19-20H,2-13H2,1H3/t14-/m0/s1. The lowest BCUT2D eigenvalue weighted by atomic mass is 9.78. The molecule has 2 N–H and O–H groups in total. The monoisotopic (exact) mass is 298 g/mol. The number of nitrogens with zero attached hydrogens (tertiary/aromatic N) is 2. The topological polar surface area (TPSA) is 64.0 Å². The predicted octanol–water partition coefficient (Wildman–Crippen LogP) is 0.987. The number of rotatable bonds is 5. The number of hydrogen-bond donors (Lipinski definition) is 2. The number of likely N-dealkylation sites (N-methyl/N-ethyl adjacent to an activating group) is 1. The van der Waals surface area contributed by atoms with E-state index >= 15 is 0 Å². The number of aliphatic hydroxyl groups is 2. The van der Waals surface area contributed by atoms with Crippen LogP contribution in [0.5, 0.6) is 0 Å². The fourth-order valence-corrected chi connectivity index (χ4v) is 3.94. The van der Waals surface area contributed by atoms with Crippen LogP contribution in [0.15, 0.2) is 0 Å². The zero-order valence-electron chi connectivity index (χ0n) is 13.3. The van der Waals surface area contributed by atoms with Crippen molar-refractivity contribution in [2.24, 2.45) is 0 Å². The van der Waals surface area contributed by atoms with Gasteiger partial charge in [0.25, 0.3) is 0 Å². The summed E-state index contributed by atoms with van der Waals surface area (Å²) in [4.78, 5) is 17.1. The van der Waals surface area contributed by atoms with Crippen LogP contribution in [0.1, 0.15) is 51.4 Å². The Kier molecular flexibility index (Phi) is 6.02. The molecule has 0 spiro atoms. The highest BCUT2D eigenvalue weighted by atomic mass is 16.3. The summed E-state index contributed by atoms with van der Waals surface area (Å²) in [6.45, 7) is 1.95. The van der Waals surface area contributed by atoms with Gasteiger partial charge in [-0.2, -0.15) is 0 Å². The molecule has 2 rings (SSSR count). The summed E-state index contributed by atoms with van der Waals surface area (Å²) < 4.78 is 0. The van der Waals surface area contributed by atoms with Gasteiger partial charge in [-0.25, -0.2) is 0 Å². The van der Waals surface area contributed by atoms with Gasteiger partial charge in [-0.05, 0) is 38.8 Å². The second-order valence-electron chi connectivity index (χ2n) is 6.66. The van der Waals surface area contributed by atoms with Crippen molar-refractivity contribution in [2.45, 2.75) is 63.0 Å². The Hall–Kier alpha value is -0.650. The van der Waals surface area contributed by atoms with Crippen LogP contribution in [-0.4, -0.2) is 70.9 Å². The largest absolute Gasteiger partial charge is 0.394 e. The molecule has 122 valence electrons. The molecule has 0 aromatic rings. The van der Waals surface area contributed by atoms with Gasteiger partial charge >= 0.3 is 0 Å². The molecule has 2 aliphatic rings. The van der Waals surface area contributed by atoms with Gasteiger partial charge < -0.3 is 15.1 Å². The Balaban J connectivity index is 2.12. The molecule has 1 atom stereocenters. The van der Waals surface area contributed by atoms with Gasteiger partial charge in [0.15, 0.2) is 0 Å². The SMILES string of the molecule is CN(C[C@H](O)CO)C(=O)C1(N2CCCCC2)CCCCC1. The summed E-state index contributed by atoms with van der Waals surface area (Å²) in [6.07, 6.45) is 8.08. The highest BCUT2D eigenvalue weighted by Gasteiger charge is 2.46. The molecule has 0 bridgehead atoms. The van der Waals surface area contributed by atoms with Crippen molar-refractivity contribution >= 4 is 5.91 Å². The summed E-state index contributed by atoms with van der Waals surface area (Å²) in [6, 6.07) is 0. The molecule has 1 aliphatic carbocycles. The number of carbonyl (C=O) groups is 1. The summed E-state index contributed by atoms with van der Waals surface area (Å²) >= 11 is 0. The van der Waals surface area contributed by atoms with Gasteiger partial charge in [0.1, 0.15) is 5.54 Å². The average Bonchev–Trinajstić information content (AvgIpc) is 2.55. The molecule has 5 nitrogen and oxygen atoms in total. The molecule has 1 saturated carbocycles. The van der Waals surface area contributed by atoms with E-state index in [9.17, 15) is 9.90 Å². The number of carbonyl (C=O) groups excluding carboxylic acids is 1. The Morgan fingerprint density at radius 1 is 1.14 bits per heavy atom. The van der Waals surface area contributed by atoms with E-state index in [1.165, 1.54) is 25.7 Å².